The fourth-order valence-electron chi connectivity index (χ4n) is 0.616. The van der Waals surface area contributed by atoms with Crippen molar-refractivity contribution in [2.24, 2.45) is 0 Å². The van der Waals surface area contributed by atoms with Crippen molar-refractivity contribution < 1.29 is 14.1 Å². The van der Waals surface area contributed by atoms with E-state index in [1.165, 1.54) is 4.90 Å². The van der Waals surface area contributed by atoms with E-state index in [0.29, 0.717) is 15.6 Å². The van der Waals surface area contributed by atoms with Gasteiger partial charge in [0.15, 0.2) is 5.76 Å². The van der Waals surface area contributed by atoms with Gasteiger partial charge in [0.2, 0.25) is 0 Å². The molecular weight excluding hydrogens is 320 g/mol. The topological polar surface area (TPSA) is 55.6 Å². The largest absolute Gasteiger partial charge is 0.416 e. The number of nitrogens with zero attached hydrogens (tertiary/aromatic N) is 2. The molecule has 0 aliphatic carbocycles. The maximum Gasteiger partial charge on any atom is 0.416 e. The van der Waals surface area contributed by atoms with Crippen molar-refractivity contribution in [1.82, 2.24) is 10.1 Å². The van der Waals surface area contributed by atoms with Crippen LogP contribution in [0.2, 0.25) is 0 Å². The number of carbonyl (C=O) groups is 1. The van der Waals surface area contributed by atoms with Crippen LogP contribution >= 0.6 is 31.9 Å². The SMILES string of the molecule is CN(C)C(=O)Oc1noc(CBr)c1Br. The molecule has 1 amide bonds. The highest BCUT2D eigenvalue weighted by molar-refractivity contribution is 9.10. The Hall–Kier alpha value is -0.560. The van der Waals surface area contributed by atoms with E-state index in [2.05, 4.69) is 37.0 Å². The van der Waals surface area contributed by atoms with Crippen LogP contribution in [0.4, 0.5) is 4.79 Å². The molecule has 0 fully saturated rings. The van der Waals surface area contributed by atoms with Crippen LogP contribution in [0, 0.1) is 0 Å². The van der Waals surface area contributed by atoms with Gasteiger partial charge in [0.05, 0.1) is 5.33 Å². The lowest BCUT2D eigenvalue weighted by Crippen LogP contribution is -2.25. The molecule has 5 nitrogen and oxygen atoms in total. The third-order valence-electron chi connectivity index (χ3n) is 1.34. The highest BCUT2D eigenvalue weighted by Gasteiger charge is 2.17. The van der Waals surface area contributed by atoms with Crippen molar-refractivity contribution in [3.8, 4) is 5.88 Å². The number of hydrogen-bond acceptors (Lipinski definition) is 4. The summed E-state index contributed by atoms with van der Waals surface area (Å²) in [5.74, 6) is 0.713. The first-order valence-electron chi connectivity index (χ1n) is 3.65. The predicted octanol–water partition coefficient (Wildman–Crippen LogP) is 2.39. The molecule has 78 valence electrons. The van der Waals surface area contributed by atoms with Crippen LogP contribution in [0.15, 0.2) is 9.00 Å². The number of carbonyl (C=O) groups excluding carboxylic acids is 1. The summed E-state index contributed by atoms with van der Waals surface area (Å²) in [6, 6.07) is 0. The fraction of sp³-hybridized carbons (Fsp3) is 0.429. The third-order valence-corrected chi connectivity index (χ3v) is 2.63. The number of rotatable bonds is 2. The van der Waals surface area contributed by atoms with Crippen LogP contribution in [-0.2, 0) is 5.33 Å². The van der Waals surface area contributed by atoms with Gasteiger partial charge in [-0.25, -0.2) is 4.79 Å². The molecule has 1 aromatic heterocycles. The summed E-state index contributed by atoms with van der Waals surface area (Å²) in [4.78, 5) is 12.5. The molecule has 0 bridgehead atoms. The number of hydrogen-bond donors (Lipinski definition) is 0. The molecule has 0 saturated carbocycles. The van der Waals surface area contributed by atoms with E-state index in [1.807, 2.05) is 0 Å². The average Bonchev–Trinajstić information content (AvgIpc) is 2.47. The smallest absolute Gasteiger partial charge is 0.386 e. The van der Waals surface area contributed by atoms with Crippen molar-refractivity contribution in [2.75, 3.05) is 14.1 Å². The van der Waals surface area contributed by atoms with E-state index in [-0.39, 0.29) is 5.88 Å². The van der Waals surface area contributed by atoms with Gasteiger partial charge in [0.1, 0.15) is 4.47 Å². The van der Waals surface area contributed by atoms with Gasteiger partial charge in [0, 0.05) is 14.1 Å². The Balaban J connectivity index is 2.77. The molecule has 0 radical (unpaired) electrons. The summed E-state index contributed by atoms with van der Waals surface area (Å²) < 4.78 is 10.3. The first-order chi connectivity index (χ1) is 6.56. The van der Waals surface area contributed by atoms with E-state index < -0.39 is 6.09 Å². The lowest BCUT2D eigenvalue weighted by Gasteiger charge is -2.07. The predicted molar refractivity (Wildman–Crippen MR) is 56.5 cm³/mol. The zero-order chi connectivity index (χ0) is 10.7. The Labute approximate surface area is 97.6 Å². The quantitative estimate of drug-likeness (QED) is 0.783. The summed E-state index contributed by atoms with van der Waals surface area (Å²) in [5.41, 5.74) is 0. The molecule has 0 aromatic carbocycles. The Morgan fingerprint density at radius 3 is 2.71 bits per heavy atom. The Kier molecular flexibility index (Phi) is 3.94. The number of aromatic nitrogens is 1. The normalized spacial score (nSPS) is 10.0. The van der Waals surface area contributed by atoms with Crippen LogP contribution in [0.3, 0.4) is 0 Å². The van der Waals surface area contributed by atoms with Gasteiger partial charge < -0.3 is 14.2 Å². The molecule has 0 aliphatic rings. The maximum atomic E-state index is 11.2. The summed E-state index contributed by atoms with van der Waals surface area (Å²) in [7, 11) is 3.17. The summed E-state index contributed by atoms with van der Waals surface area (Å²) >= 11 is 6.41. The second-order valence-electron chi connectivity index (χ2n) is 2.62. The van der Waals surface area contributed by atoms with Gasteiger partial charge in [0.25, 0.3) is 5.88 Å². The lowest BCUT2D eigenvalue weighted by molar-refractivity contribution is 0.167. The van der Waals surface area contributed by atoms with E-state index in [1.54, 1.807) is 14.1 Å². The van der Waals surface area contributed by atoms with E-state index in [9.17, 15) is 4.79 Å². The molecule has 1 rings (SSSR count). The molecule has 1 heterocycles. The number of alkyl halides is 1. The minimum Gasteiger partial charge on any atom is -0.386 e. The third kappa shape index (κ3) is 2.48. The average molecular weight is 328 g/mol. The summed E-state index contributed by atoms with van der Waals surface area (Å²) in [6.07, 6.45) is -0.500. The maximum absolute atomic E-state index is 11.2. The molecule has 0 unspecified atom stereocenters. The monoisotopic (exact) mass is 326 g/mol. The zero-order valence-electron chi connectivity index (χ0n) is 7.58. The summed E-state index contributed by atoms with van der Waals surface area (Å²) in [5, 5.41) is 4.09. The van der Waals surface area contributed by atoms with Gasteiger partial charge in [-0.2, -0.15) is 0 Å². The molecule has 14 heavy (non-hydrogen) atoms. The minimum absolute atomic E-state index is 0.137. The van der Waals surface area contributed by atoms with E-state index in [4.69, 9.17) is 9.26 Å². The number of halogens is 2. The van der Waals surface area contributed by atoms with E-state index in [0.717, 1.165) is 0 Å². The van der Waals surface area contributed by atoms with Gasteiger partial charge >= 0.3 is 6.09 Å². The Morgan fingerprint density at radius 1 is 1.64 bits per heavy atom. The van der Waals surface area contributed by atoms with Crippen molar-refractivity contribution in [2.45, 2.75) is 5.33 Å². The Morgan fingerprint density at radius 2 is 2.29 bits per heavy atom. The highest BCUT2D eigenvalue weighted by atomic mass is 79.9. The van der Waals surface area contributed by atoms with Crippen LogP contribution in [0.5, 0.6) is 5.88 Å². The second kappa shape index (κ2) is 4.79. The van der Waals surface area contributed by atoms with Crippen molar-refractivity contribution in [3.63, 3.8) is 0 Å². The molecule has 0 saturated heterocycles. The molecule has 0 atom stereocenters. The first-order valence-corrected chi connectivity index (χ1v) is 5.56. The zero-order valence-corrected chi connectivity index (χ0v) is 10.8. The van der Waals surface area contributed by atoms with Crippen molar-refractivity contribution in [3.05, 3.63) is 10.2 Å². The van der Waals surface area contributed by atoms with Crippen molar-refractivity contribution >= 4 is 38.0 Å². The van der Waals surface area contributed by atoms with Crippen LogP contribution in [-0.4, -0.2) is 30.2 Å². The van der Waals surface area contributed by atoms with Crippen molar-refractivity contribution in [1.29, 1.82) is 0 Å². The van der Waals surface area contributed by atoms with Gasteiger partial charge in [-0.3, -0.25) is 0 Å². The van der Waals surface area contributed by atoms with Crippen LogP contribution in [0.1, 0.15) is 5.76 Å². The lowest BCUT2D eigenvalue weighted by atomic mass is 10.5. The Bertz CT molecular complexity index is 338. The molecule has 0 N–H and O–H groups in total. The molecule has 7 heteroatoms. The molecule has 0 spiro atoms. The van der Waals surface area contributed by atoms with Crippen LogP contribution in [0.25, 0.3) is 0 Å². The minimum atomic E-state index is -0.500. The van der Waals surface area contributed by atoms with E-state index >= 15 is 0 Å². The number of ether oxygens (including phenoxy) is 1. The number of amides is 1. The van der Waals surface area contributed by atoms with Gasteiger partial charge in [-0.05, 0) is 21.1 Å². The first kappa shape index (κ1) is 11.5. The van der Waals surface area contributed by atoms with Crippen LogP contribution < -0.4 is 4.74 Å². The molecule has 0 aliphatic heterocycles. The molecule has 1 aromatic rings. The van der Waals surface area contributed by atoms with Gasteiger partial charge in [-0.15, -0.1) is 0 Å². The molecular formula is C7H8Br2N2O3. The van der Waals surface area contributed by atoms with Gasteiger partial charge in [-0.1, -0.05) is 15.9 Å². The fourth-order valence-corrected chi connectivity index (χ4v) is 1.74. The highest BCUT2D eigenvalue weighted by Crippen LogP contribution is 2.29. The standard InChI is InChI=1S/C7H8Br2N2O3/c1-11(2)7(12)13-6-5(9)4(3-8)14-10-6/h3H2,1-2H3. The second-order valence-corrected chi connectivity index (χ2v) is 3.97. The summed E-state index contributed by atoms with van der Waals surface area (Å²) in [6.45, 7) is 0.